The second kappa shape index (κ2) is 5.13. The molecular weight excluding hydrogens is 190 g/mol. The predicted molar refractivity (Wildman–Crippen MR) is 59.4 cm³/mol. The van der Waals surface area contributed by atoms with E-state index in [0.29, 0.717) is 12.1 Å². The molecule has 0 saturated heterocycles. The van der Waals surface area contributed by atoms with Crippen molar-refractivity contribution in [3.8, 4) is 12.3 Å². The number of nitrogens with two attached hydrogens (primary N) is 1. The van der Waals surface area contributed by atoms with E-state index in [2.05, 4.69) is 16.2 Å². The Balaban J connectivity index is 2.78. The van der Waals surface area contributed by atoms with Crippen molar-refractivity contribution in [2.75, 3.05) is 18.8 Å². The van der Waals surface area contributed by atoms with Crippen molar-refractivity contribution in [1.82, 2.24) is 10.3 Å². The van der Waals surface area contributed by atoms with Crippen LogP contribution < -0.4 is 11.1 Å². The van der Waals surface area contributed by atoms with Crippen molar-refractivity contribution < 1.29 is 4.79 Å². The molecule has 0 aromatic carbocycles. The van der Waals surface area contributed by atoms with Gasteiger partial charge < -0.3 is 5.73 Å². The molecule has 78 valence electrons. The van der Waals surface area contributed by atoms with Crippen LogP contribution in [0.3, 0.4) is 0 Å². The number of carbonyl (C=O) groups is 1. The zero-order chi connectivity index (χ0) is 11.3. The molecule has 0 bridgehead atoms. The molecule has 0 aliphatic rings. The van der Waals surface area contributed by atoms with E-state index in [1.165, 1.54) is 0 Å². The second-order valence-electron chi connectivity index (χ2n) is 3.12. The summed E-state index contributed by atoms with van der Waals surface area (Å²) >= 11 is 0. The van der Waals surface area contributed by atoms with Crippen LogP contribution in [-0.2, 0) is 0 Å². The van der Waals surface area contributed by atoms with Gasteiger partial charge in [0.2, 0.25) is 0 Å². The van der Waals surface area contributed by atoms with Crippen LogP contribution >= 0.6 is 0 Å². The molecule has 1 aromatic heterocycles. The zero-order valence-corrected chi connectivity index (χ0v) is 8.58. The Morgan fingerprint density at radius 2 is 2.47 bits per heavy atom. The third-order valence-electron chi connectivity index (χ3n) is 1.98. The summed E-state index contributed by atoms with van der Waals surface area (Å²) in [6, 6.07) is 1.75. The highest BCUT2D eigenvalue weighted by Gasteiger charge is 2.12. The minimum atomic E-state index is -0.0895. The van der Waals surface area contributed by atoms with Crippen molar-refractivity contribution in [3.05, 3.63) is 23.4 Å². The fourth-order valence-corrected chi connectivity index (χ4v) is 1.28. The molecule has 0 spiro atoms. The van der Waals surface area contributed by atoms with Crippen LogP contribution in [0, 0.1) is 19.3 Å². The summed E-state index contributed by atoms with van der Waals surface area (Å²) < 4.78 is 0. The fourth-order valence-electron chi connectivity index (χ4n) is 1.28. The summed E-state index contributed by atoms with van der Waals surface area (Å²) in [5.74, 6) is 2.57. The van der Waals surface area contributed by atoms with Crippen molar-refractivity contribution >= 4 is 11.6 Å². The summed E-state index contributed by atoms with van der Waals surface area (Å²) in [7, 11) is 0. The maximum atomic E-state index is 11.7. The van der Waals surface area contributed by atoms with E-state index in [1.54, 1.807) is 12.3 Å². The number of Topliss-reactive ketones (excluding diaryl/α,β-unsaturated/α-hetero) is 1. The summed E-state index contributed by atoms with van der Waals surface area (Å²) in [5, 5.41) is 2.82. The number of nitrogens with zero attached hydrogens (tertiary/aromatic N) is 1. The van der Waals surface area contributed by atoms with Gasteiger partial charge in [-0.1, -0.05) is 5.92 Å². The maximum Gasteiger partial charge on any atom is 0.180 e. The van der Waals surface area contributed by atoms with Gasteiger partial charge in [-0.2, -0.15) is 0 Å². The average molecular weight is 203 g/mol. The van der Waals surface area contributed by atoms with Gasteiger partial charge in [-0.3, -0.25) is 10.1 Å². The topological polar surface area (TPSA) is 68.0 Å². The first-order valence-corrected chi connectivity index (χ1v) is 4.55. The van der Waals surface area contributed by atoms with E-state index >= 15 is 0 Å². The number of aryl methyl sites for hydroxylation is 1. The van der Waals surface area contributed by atoms with Crippen LogP contribution in [-0.4, -0.2) is 23.9 Å². The van der Waals surface area contributed by atoms with Gasteiger partial charge >= 0.3 is 0 Å². The number of ketones is 1. The number of aromatic nitrogens is 1. The highest BCUT2D eigenvalue weighted by atomic mass is 16.1. The molecule has 0 fully saturated rings. The Labute approximate surface area is 88.9 Å². The normalized spacial score (nSPS) is 9.60. The number of carbonyl (C=O) groups excluding carboxylic acids is 1. The first-order chi connectivity index (χ1) is 7.16. The number of pyridine rings is 1. The first kappa shape index (κ1) is 11.2. The fraction of sp³-hybridized carbons (Fsp3) is 0.273. The smallest absolute Gasteiger partial charge is 0.180 e. The molecule has 0 saturated carbocycles. The number of nitrogens with one attached hydrogen (secondary N) is 1. The molecule has 1 heterocycles. The zero-order valence-electron chi connectivity index (χ0n) is 8.58. The van der Waals surface area contributed by atoms with Gasteiger partial charge in [0, 0.05) is 6.20 Å². The molecule has 0 atom stereocenters. The first-order valence-electron chi connectivity index (χ1n) is 4.55. The van der Waals surface area contributed by atoms with Gasteiger partial charge in [0.15, 0.2) is 5.78 Å². The average Bonchev–Trinajstić information content (AvgIpc) is 2.18. The second-order valence-corrected chi connectivity index (χ2v) is 3.12. The van der Waals surface area contributed by atoms with Crippen LogP contribution in [0.2, 0.25) is 0 Å². The molecule has 0 radical (unpaired) electrons. The van der Waals surface area contributed by atoms with E-state index in [1.807, 2.05) is 6.92 Å². The monoisotopic (exact) mass is 203 g/mol. The van der Waals surface area contributed by atoms with E-state index in [4.69, 9.17) is 12.2 Å². The Morgan fingerprint density at radius 1 is 1.73 bits per heavy atom. The van der Waals surface area contributed by atoms with Crippen molar-refractivity contribution in [1.29, 1.82) is 0 Å². The van der Waals surface area contributed by atoms with Gasteiger partial charge in [-0.15, -0.1) is 6.42 Å². The molecule has 3 N–H and O–H groups in total. The molecule has 15 heavy (non-hydrogen) atoms. The lowest BCUT2D eigenvalue weighted by Gasteiger charge is -2.06. The maximum absolute atomic E-state index is 11.7. The number of hydrogen-bond donors (Lipinski definition) is 2. The van der Waals surface area contributed by atoms with E-state index < -0.39 is 0 Å². The third-order valence-corrected chi connectivity index (χ3v) is 1.98. The largest absolute Gasteiger partial charge is 0.383 e. The summed E-state index contributed by atoms with van der Waals surface area (Å²) in [5.41, 5.74) is 6.93. The van der Waals surface area contributed by atoms with Crippen LogP contribution in [0.5, 0.6) is 0 Å². The number of hydrogen-bond acceptors (Lipinski definition) is 4. The van der Waals surface area contributed by atoms with Crippen LogP contribution in [0.15, 0.2) is 12.3 Å². The van der Waals surface area contributed by atoms with Crippen molar-refractivity contribution in [2.24, 2.45) is 0 Å². The van der Waals surface area contributed by atoms with Crippen molar-refractivity contribution in [3.63, 3.8) is 0 Å². The van der Waals surface area contributed by atoms with Gasteiger partial charge in [-0.25, -0.2) is 4.98 Å². The molecule has 4 nitrogen and oxygen atoms in total. The summed E-state index contributed by atoms with van der Waals surface area (Å²) in [4.78, 5) is 15.6. The Hall–Kier alpha value is -1.86. The Kier molecular flexibility index (Phi) is 3.83. The number of nitrogen functional groups attached to an aromatic ring is 1. The highest BCUT2D eigenvalue weighted by molar-refractivity contribution is 6.02. The molecule has 0 aliphatic heterocycles. The van der Waals surface area contributed by atoms with Crippen LogP contribution in [0.1, 0.15) is 15.9 Å². The third kappa shape index (κ3) is 2.79. The summed E-state index contributed by atoms with van der Waals surface area (Å²) in [6.45, 7) is 2.37. The van der Waals surface area contributed by atoms with E-state index in [-0.39, 0.29) is 18.1 Å². The van der Waals surface area contributed by atoms with Crippen LogP contribution in [0.25, 0.3) is 0 Å². The minimum absolute atomic E-state index is 0.0895. The number of anilines is 1. The predicted octanol–water partition coefficient (Wildman–Crippen LogP) is 0.378. The number of terminal acetylenes is 1. The standard InChI is InChI=1S/C11H13N3O/c1-3-5-13-7-9(15)10-8(2)4-6-14-11(10)12/h1,4,6,13H,5,7H2,2H3,(H2,12,14). The van der Waals surface area contributed by atoms with Gasteiger partial charge in [0.25, 0.3) is 0 Å². The molecule has 1 aromatic rings. The lowest BCUT2D eigenvalue weighted by Crippen LogP contribution is -2.24. The van der Waals surface area contributed by atoms with Gasteiger partial charge in [0.1, 0.15) is 5.82 Å². The van der Waals surface area contributed by atoms with Gasteiger partial charge in [0.05, 0.1) is 18.7 Å². The molecule has 1 rings (SSSR count). The Bertz CT molecular complexity index is 387. The summed E-state index contributed by atoms with van der Waals surface area (Å²) in [6.07, 6.45) is 6.63. The van der Waals surface area contributed by atoms with E-state index in [0.717, 1.165) is 5.56 Å². The van der Waals surface area contributed by atoms with Crippen molar-refractivity contribution in [2.45, 2.75) is 6.92 Å². The minimum Gasteiger partial charge on any atom is -0.383 e. The molecule has 0 aliphatic carbocycles. The molecule has 0 amide bonds. The van der Waals surface area contributed by atoms with E-state index in [9.17, 15) is 4.79 Å². The SMILES string of the molecule is C#CCNCC(=O)c1c(C)ccnc1N. The van der Waals surface area contributed by atoms with Gasteiger partial charge in [-0.05, 0) is 18.6 Å². The van der Waals surface area contributed by atoms with Crippen LogP contribution in [0.4, 0.5) is 5.82 Å². The lowest BCUT2D eigenvalue weighted by atomic mass is 10.1. The quantitative estimate of drug-likeness (QED) is 0.421. The molecule has 0 unspecified atom stereocenters. The highest BCUT2D eigenvalue weighted by Crippen LogP contribution is 2.13. The molecule has 4 heteroatoms. The Morgan fingerprint density at radius 3 is 3.07 bits per heavy atom. The number of rotatable bonds is 4. The lowest BCUT2D eigenvalue weighted by molar-refractivity contribution is 0.0992. The molecular formula is C11H13N3O.